The van der Waals surface area contributed by atoms with Crippen LogP contribution in [0.25, 0.3) is 0 Å². The van der Waals surface area contributed by atoms with E-state index in [1.165, 1.54) is 0 Å². The summed E-state index contributed by atoms with van der Waals surface area (Å²) in [6.07, 6.45) is 8.42. The summed E-state index contributed by atoms with van der Waals surface area (Å²) in [4.78, 5) is 23.3. The van der Waals surface area contributed by atoms with E-state index in [0.717, 1.165) is 63.0 Å². The number of carbonyl (C=O) groups excluding carboxylic acids is 1. The zero-order valence-electron chi connectivity index (χ0n) is 14.2. The van der Waals surface area contributed by atoms with E-state index >= 15 is 0 Å². The van der Waals surface area contributed by atoms with Crippen molar-refractivity contribution in [2.75, 3.05) is 37.5 Å². The number of rotatable bonds is 5. The number of hydrogen-bond donors (Lipinski definition) is 1. The van der Waals surface area contributed by atoms with Crippen molar-refractivity contribution in [3.05, 3.63) is 12.3 Å². The number of nitrogens with zero attached hydrogens (tertiary/aromatic N) is 3. The minimum atomic E-state index is 0.201. The van der Waals surface area contributed by atoms with E-state index in [1.807, 2.05) is 18.5 Å². The molecule has 2 aliphatic heterocycles. The van der Waals surface area contributed by atoms with Gasteiger partial charge in [-0.05, 0) is 43.9 Å². The van der Waals surface area contributed by atoms with Crippen LogP contribution in [0.1, 0.15) is 32.1 Å². The number of hydrogen-bond acceptors (Lipinski definition) is 6. The maximum absolute atomic E-state index is 12.2. The van der Waals surface area contributed by atoms with Gasteiger partial charge in [-0.2, -0.15) is 0 Å². The molecule has 1 N–H and O–H groups in total. The van der Waals surface area contributed by atoms with Gasteiger partial charge in [-0.3, -0.25) is 4.79 Å². The summed E-state index contributed by atoms with van der Waals surface area (Å²) in [6.45, 7) is 3.45. The molecule has 1 amide bonds. The second-order valence-corrected chi connectivity index (χ2v) is 7.26. The third kappa shape index (κ3) is 4.83. The van der Waals surface area contributed by atoms with E-state index in [0.29, 0.717) is 18.4 Å². The molecular formula is C17H26N4O2S. The molecule has 0 bridgehead atoms. The molecule has 6 nitrogen and oxygen atoms in total. The van der Waals surface area contributed by atoms with Gasteiger partial charge in [0, 0.05) is 45.0 Å². The quantitative estimate of drug-likeness (QED) is 0.648. The summed E-state index contributed by atoms with van der Waals surface area (Å²) in [7, 11) is 0. The van der Waals surface area contributed by atoms with Crippen molar-refractivity contribution in [1.82, 2.24) is 15.3 Å². The standard InChI is InChI=1S/C17H26N4O2S/c1-24-17-18-7-2-15(20-17)21-8-3-13(4-9-21)12-16(22)19-14-5-10-23-11-6-14/h2,7,13-14H,3-6,8-12H2,1H3,(H,19,22). The van der Waals surface area contributed by atoms with Gasteiger partial charge in [0.05, 0.1) is 0 Å². The summed E-state index contributed by atoms with van der Waals surface area (Å²) in [5.74, 6) is 1.68. The number of nitrogens with one attached hydrogen (secondary N) is 1. The summed E-state index contributed by atoms with van der Waals surface area (Å²) in [5.41, 5.74) is 0. The molecule has 7 heteroatoms. The molecule has 1 aromatic rings. The van der Waals surface area contributed by atoms with Crippen molar-refractivity contribution in [2.45, 2.75) is 43.3 Å². The van der Waals surface area contributed by atoms with Crippen LogP contribution in [0, 0.1) is 5.92 Å². The van der Waals surface area contributed by atoms with Gasteiger partial charge < -0.3 is 15.0 Å². The van der Waals surface area contributed by atoms with Crippen LogP contribution in [0.5, 0.6) is 0 Å². The maximum atomic E-state index is 12.2. The monoisotopic (exact) mass is 350 g/mol. The Bertz CT molecular complexity index is 543. The summed E-state index contributed by atoms with van der Waals surface area (Å²) in [6, 6.07) is 2.27. The molecule has 2 saturated heterocycles. The van der Waals surface area contributed by atoms with Crippen molar-refractivity contribution >= 4 is 23.5 Å². The average Bonchev–Trinajstić information content (AvgIpc) is 2.63. The van der Waals surface area contributed by atoms with Crippen LogP contribution >= 0.6 is 11.8 Å². The third-order valence-electron chi connectivity index (χ3n) is 4.80. The summed E-state index contributed by atoms with van der Waals surface area (Å²) < 4.78 is 5.33. The highest BCUT2D eigenvalue weighted by Crippen LogP contribution is 2.25. The molecule has 3 heterocycles. The lowest BCUT2D eigenvalue weighted by Crippen LogP contribution is -2.41. The van der Waals surface area contributed by atoms with Gasteiger partial charge in [0.2, 0.25) is 5.91 Å². The lowest BCUT2D eigenvalue weighted by molar-refractivity contribution is -0.123. The maximum Gasteiger partial charge on any atom is 0.220 e. The first-order valence-electron chi connectivity index (χ1n) is 8.73. The number of amides is 1. The Morgan fingerprint density at radius 3 is 2.79 bits per heavy atom. The molecule has 3 rings (SSSR count). The van der Waals surface area contributed by atoms with Gasteiger partial charge in [-0.25, -0.2) is 9.97 Å². The van der Waals surface area contributed by atoms with Crippen LogP contribution in [-0.4, -0.2) is 54.5 Å². The fourth-order valence-electron chi connectivity index (χ4n) is 3.36. The highest BCUT2D eigenvalue weighted by Gasteiger charge is 2.24. The summed E-state index contributed by atoms with van der Waals surface area (Å²) >= 11 is 1.56. The van der Waals surface area contributed by atoms with Crippen LogP contribution in [0.3, 0.4) is 0 Å². The Balaban J connectivity index is 1.43. The van der Waals surface area contributed by atoms with Crippen molar-refractivity contribution in [3.8, 4) is 0 Å². The van der Waals surface area contributed by atoms with Crippen molar-refractivity contribution < 1.29 is 9.53 Å². The van der Waals surface area contributed by atoms with Crippen molar-refractivity contribution in [3.63, 3.8) is 0 Å². The molecule has 0 aliphatic carbocycles. The zero-order valence-corrected chi connectivity index (χ0v) is 15.1. The minimum absolute atomic E-state index is 0.201. The van der Waals surface area contributed by atoms with Gasteiger partial charge in [0.25, 0.3) is 0 Å². The predicted octanol–water partition coefficient (Wildman–Crippen LogP) is 2.10. The first-order valence-corrected chi connectivity index (χ1v) is 9.96. The lowest BCUT2D eigenvalue weighted by atomic mass is 9.93. The van der Waals surface area contributed by atoms with E-state index in [4.69, 9.17) is 4.74 Å². The molecule has 0 spiro atoms. The van der Waals surface area contributed by atoms with Crippen molar-refractivity contribution in [1.29, 1.82) is 0 Å². The molecule has 24 heavy (non-hydrogen) atoms. The molecule has 0 unspecified atom stereocenters. The Kier molecular flexibility index (Phi) is 6.31. The van der Waals surface area contributed by atoms with Gasteiger partial charge in [0.1, 0.15) is 5.82 Å². The van der Waals surface area contributed by atoms with Gasteiger partial charge in [0.15, 0.2) is 5.16 Å². The fourth-order valence-corrected chi connectivity index (χ4v) is 3.71. The van der Waals surface area contributed by atoms with E-state index in [1.54, 1.807) is 11.8 Å². The van der Waals surface area contributed by atoms with E-state index < -0.39 is 0 Å². The smallest absolute Gasteiger partial charge is 0.220 e. The minimum Gasteiger partial charge on any atom is -0.381 e. The Labute approximate surface area is 147 Å². The average molecular weight is 350 g/mol. The molecule has 132 valence electrons. The molecule has 0 aromatic carbocycles. The van der Waals surface area contributed by atoms with Crippen LogP contribution in [0.4, 0.5) is 5.82 Å². The Hall–Kier alpha value is -1.34. The molecule has 1 aromatic heterocycles. The third-order valence-corrected chi connectivity index (χ3v) is 5.36. The predicted molar refractivity (Wildman–Crippen MR) is 95.4 cm³/mol. The second kappa shape index (κ2) is 8.67. The van der Waals surface area contributed by atoms with E-state index in [2.05, 4.69) is 20.2 Å². The molecule has 0 saturated carbocycles. The van der Waals surface area contributed by atoms with Gasteiger partial charge >= 0.3 is 0 Å². The van der Waals surface area contributed by atoms with Crippen LogP contribution in [0.2, 0.25) is 0 Å². The normalized spacial score (nSPS) is 20.1. The molecule has 2 aliphatic rings. The second-order valence-electron chi connectivity index (χ2n) is 6.49. The van der Waals surface area contributed by atoms with E-state index in [9.17, 15) is 4.79 Å². The lowest BCUT2D eigenvalue weighted by Gasteiger charge is -2.33. The highest BCUT2D eigenvalue weighted by molar-refractivity contribution is 7.98. The number of carbonyl (C=O) groups is 1. The number of anilines is 1. The first kappa shape index (κ1) is 17.5. The molecule has 0 atom stereocenters. The number of thioether (sulfide) groups is 1. The van der Waals surface area contributed by atoms with Gasteiger partial charge in [-0.1, -0.05) is 11.8 Å². The molecular weight excluding hydrogens is 324 g/mol. The fraction of sp³-hybridized carbons (Fsp3) is 0.706. The number of aromatic nitrogens is 2. The highest BCUT2D eigenvalue weighted by atomic mass is 32.2. The van der Waals surface area contributed by atoms with Crippen LogP contribution in [-0.2, 0) is 9.53 Å². The first-order chi connectivity index (χ1) is 11.7. The van der Waals surface area contributed by atoms with Crippen LogP contribution in [0.15, 0.2) is 17.4 Å². The zero-order chi connectivity index (χ0) is 16.8. The Morgan fingerprint density at radius 1 is 1.33 bits per heavy atom. The number of ether oxygens (including phenoxy) is 1. The topological polar surface area (TPSA) is 67.4 Å². The largest absolute Gasteiger partial charge is 0.381 e. The molecule has 2 fully saturated rings. The molecule has 0 radical (unpaired) electrons. The number of piperidine rings is 1. The Morgan fingerprint density at radius 2 is 2.08 bits per heavy atom. The SMILES string of the molecule is CSc1nccc(N2CCC(CC(=O)NC3CCOCC3)CC2)n1. The van der Waals surface area contributed by atoms with E-state index in [-0.39, 0.29) is 5.91 Å². The summed E-state index contributed by atoms with van der Waals surface area (Å²) in [5, 5.41) is 3.98. The van der Waals surface area contributed by atoms with Crippen molar-refractivity contribution in [2.24, 2.45) is 5.92 Å². The van der Waals surface area contributed by atoms with Gasteiger partial charge in [-0.15, -0.1) is 0 Å². The van der Waals surface area contributed by atoms with Crippen LogP contribution < -0.4 is 10.2 Å².